The molecular formula is C12H14FN3O2S3. The quantitative estimate of drug-likeness (QED) is 0.779. The number of benzene rings is 1. The highest BCUT2D eigenvalue weighted by molar-refractivity contribution is 8.01. The summed E-state index contributed by atoms with van der Waals surface area (Å²) in [4.78, 5) is 0. The lowest BCUT2D eigenvalue weighted by atomic mass is 10.2. The van der Waals surface area contributed by atoms with E-state index >= 15 is 0 Å². The molecule has 0 saturated heterocycles. The Kier molecular flexibility index (Phi) is 5.54. The maximum Gasteiger partial charge on any atom is 0.238 e. The zero-order chi connectivity index (χ0) is 15.3. The van der Waals surface area contributed by atoms with Gasteiger partial charge in [-0.15, -0.1) is 10.2 Å². The van der Waals surface area contributed by atoms with Crippen molar-refractivity contribution in [2.45, 2.75) is 23.4 Å². The highest BCUT2D eigenvalue weighted by Crippen LogP contribution is 2.26. The lowest BCUT2D eigenvalue weighted by Gasteiger charge is -2.05. The molecule has 1 N–H and O–H groups in total. The van der Waals surface area contributed by atoms with Crippen LogP contribution >= 0.6 is 23.1 Å². The molecule has 0 saturated carbocycles. The highest BCUT2D eigenvalue weighted by Gasteiger charge is 2.17. The molecule has 0 atom stereocenters. The van der Waals surface area contributed by atoms with Gasteiger partial charge in [-0.1, -0.05) is 48.2 Å². The number of halogens is 1. The first-order chi connectivity index (χ1) is 10.00. The first-order valence-electron chi connectivity index (χ1n) is 6.20. The Morgan fingerprint density at radius 2 is 2.10 bits per heavy atom. The molecule has 0 aliphatic rings. The molecule has 114 valence electrons. The molecule has 2 rings (SSSR count). The fourth-order valence-corrected chi connectivity index (χ4v) is 4.59. The fourth-order valence-electron chi connectivity index (χ4n) is 1.49. The Morgan fingerprint density at radius 1 is 1.33 bits per heavy atom. The Bertz CT molecular complexity index is 703. The largest absolute Gasteiger partial charge is 0.257 e. The van der Waals surface area contributed by atoms with E-state index in [9.17, 15) is 12.8 Å². The minimum absolute atomic E-state index is 0.120. The van der Waals surface area contributed by atoms with Crippen molar-refractivity contribution in [3.8, 4) is 0 Å². The van der Waals surface area contributed by atoms with Gasteiger partial charge in [0, 0.05) is 11.3 Å². The molecule has 1 aromatic heterocycles. The third-order valence-corrected chi connectivity index (χ3v) is 5.88. The summed E-state index contributed by atoms with van der Waals surface area (Å²) in [6, 6.07) is 5.78. The third kappa shape index (κ3) is 4.94. The van der Waals surface area contributed by atoms with E-state index in [-0.39, 0.29) is 10.7 Å². The van der Waals surface area contributed by atoms with Crippen LogP contribution in [-0.4, -0.2) is 24.4 Å². The Hall–Kier alpha value is -1.19. The summed E-state index contributed by atoms with van der Waals surface area (Å²) in [6.07, 6.45) is 0.999. The molecule has 1 heterocycles. The van der Waals surface area contributed by atoms with Gasteiger partial charge >= 0.3 is 0 Å². The first kappa shape index (κ1) is 16.2. The molecule has 0 spiro atoms. The average molecular weight is 347 g/mol. The van der Waals surface area contributed by atoms with Crippen molar-refractivity contribution in [1.82, 2.24) is 10.2 Å². The molecule has 0 fully saturated rings. The summed E-state index contributed by atoms with van der Waals surface area (Å²) >= 11 is 2.69. The van der Waals surface area contributed by atoms with E-state index in [1.54, 1.807) is 6.07 Å². The van der Waals surface area contributed by atoms with Crippen LogP contribution in [0.5, 0.6) is 0 Å². The molecule has 21 heavy (non-hydrogen) atoms. The van der Waals surface area contributed by atoms with Crippen LogP contribution in [0.25, 0.3) is 0 Å². The van der Waals surface area contributed by atoms with Crippen LogP contribution < -0.4 is 4.72 Å². The number of rotatable bonds is 7. The third-order valence-electron chi connectivity index (χ3n) is 2.38. The van der Waals surface area contributed by atoms with Crippen LogP contribution in [0.1, 0.15) is 18.9 Å². The minimum Gasteiger partial charge on any atom is -0.257 e. The van der Waals surface area contributed by atoms with Crippen LogP contribution in [0.4, 0.5) is 9.52 Å². The number of hydrogen-bond donors (Lipinski definition) is 1. The summed E-state index contributed by atoms with van der Waals surface area (Å²) in [5, 5.41) is 7.87. The molecule has 5 nitrogen and oxygen atoms in total. The van der Waals surface area contributed by atoms with E-state index in [4.69, 9.17) is 0 Å². The predicted octanol–water partition coefficient (Wildman–Crippen LogP) is 3.12. The van der Waals surface area contributed by atoms with Gasteiger partial charge in [0.2, 0.25) is 15.2 Å². The molecule has 2 aromatic rings. The molecule has 0 aliphatic heterocycles. The van der Waals surface area contributed by atoms with Crippen molar-refractivity contribution in [3.63, 3.8) is 0 Å². The van der Waals surface area contributed by atoms with Crippen molar-refractivity contribution in [2.24, 2.45) is 0 Å². The van der Waals surface area contributed by atoms with Gasteiger partial charge in [-0.25, -0.2) is 12.8 Å². The summed E-state index contributed by atoms with van der Waals surface area (Å²) in [5.74, 6) is -0.0767. The molecular weight excluding hydrogens is 333 g/mol. The van der Waals surface area contributed by atoms with Gasteiger partial charge < -0.3 is 0 Å². The van der Waals surface area contributed by atoms with Crippen LogP contribution in [0.15, 0.2) is 28.6 Å². The van der Waals surface area contributed by atoms with E-state index in [0.717, 1.165) is 12.2 Å². The second-order valence-electron chi connectivity index (χ2n) is 4.17. The second-order valence-corrected chi connectivity index (χ2v) is 8.22. The van der Waals surface area contributed by atoms with Crippen molar-refractivity contribution < 1.29 is 12.8 Å². The van der Waals surface area contributed by atoms with E-state index < -0.39 is 21.6 Å². The zero-order valence-corrected chi connectivity index (χ0v) is 13.7. The maximum absolute atomic E-state index is 13.5. The number of nitrogens with zero attached hydrogens (tertiary/aromatic N) is 2. The van der Waals surface area contributed by atoms with Gasteiger partial charge in [-0.2, -0.15) is 0 Å². The molecule has 0 unspecified atom stereocenters. The lowest BCUT2D eigenvalue weighted by molar-refractivity contribution is 0.591. The fraction of sp³-hybridized carbons (Fsp3) is 0.333. The number of sulfonamides is 1. The smallest absolute Gasteiger partial charge is 0.238 e. The van der Waals surface area contributed by atoms with Gasteiger partial charge in [-0.05, 0) is 12.5 Å². The first-order valence-corrected chi connectivity index (χ1v) is 9.66. The van der Waals surface area contributed by atoms with Gasteiger partial charge in [0.1, 0.15) is 5.82 Å². The SMILES string of the molecule is CCCSc1nnc(NS(=O)(=O)Cc2ccccc2F)s1. The van der Waals surface area contributed by atoms with Crippen molar-refractivity contribution in [2.75, 3.05) is 10.5 Å². The number of thioether (sulfide) groups is 1. The topological polar surface area (TPSA) is 72.0 Å². The average Bonchev–Trinajstić information content (AvgIpc) is 2.85. The molecule has 0 aliphatic carbocycles. The minimum atomic E-state index is -3.71. The summed E-state index contributed by atoms with van der Waals surface area (Å²) < 4.78 is 40.5. The van der Waals surface area contributed by atoms with Crippen molar-refractivity contribution in [1.29, 1.82) is 0 Å². The van der Waals surface area contributed by atoms with E-state index in [0.29, 0.717) is 4.34 Å². The van der Waals surface area contributed by atoms with Gasteiger partial charge in [0.15, 0.2) is 4.34 Å². The highest BCUT2D eigenvalue weighted by atomic mass is 32.2. The molecule has 0 amide bonds. The standard InChI is InChI=1S/C12H14FN3O2S3/c1-2-7-19-12-15-14-11(20-12)16-21(17,18)8-9-5-3-4-6-10(9)13/h3-6H,2,7-8H2,1H3,(H,14,16). The monoisotopic (exact) mass is 347 g/mol. The Morgan fingerprint density at radius 3 is 2.81 bits per heavy atom. The van der Waals surface area contributed by atoms with Crippen LogP contribution in [0, 0.1) is 5.82 Å². The summed E-state index contributed by atoms with van der Waals surface area (Å²) in [5.41, 5.74) is 0.120. The number of nitrogens with one attached hydrogen (secondary N) is 1. The number of hydrogen-bond acceptors (Lipinski definition) is 6. The van der Waals surface area contributed by atoms with E-state index in [1.807, 2.05) is 6.92 Å². The number of anilines is 1. The van der Waals surface area contributed by atoms with Crippen LogP contribution in [0.3, 0.4) is 0 Å². The Balaban J connectivity index is 2.04. The van der Waals surface area contributed by atoms with Crippen molar-refractivity contribution in [3.05, 3.63) is 35.6 Å². The van der Waals surface area contributed by atoms with Crippen molar-refractivity contribution >= 4 is 38.3 Å². The predicted molar refractivity (Wildman–Crippen MR) is 83.6 cm³/mol. The van der Waals surface area contributed by atoms with E-state index in [1.165, 1.54) is 41.3 Å². The molecule has 0 bridgehead atoms. The van der Waals surface area contributed by atoms with Crippen LogP contribution in [0.2, 0.25) is 0 Å². The summed E-state index contributed by atoms with van der Waals surface area (Å²) in [6.45, 7) is 2.05. The molecule has 1 aromatic carbocycles. The zero-order valence-electron chi connectivity index (χ0n) is 11.2. The van der Waals surface area contributed by atoms with Gasteiger partial charge in [0.05, 0.1) is 5.75 Å². The lowest BCUT2D eigenvalue weighted by Crippen LogP contribution is -2.15. The molecule has 9 heteroatoms. The van der Waals surface area contributed by atoms with Gasteiger partial charge in [0.25, 0.3) is 0 Å². The molecule has 0 radical (unpaired) electrons. The van der Waals surface area contributed by atoms with Gasteiger partial charge in [-0.3, -0.25) is 4.72 Å². The maximum atomic E-state index is 13.5. The van der Waals surface area contributed by atoms with E-state index in [2.05, 4.69) is 14.9 Å². The Labute approximate surface area is 131 Å². The second kappa shape index (κ2) is 7.19. The van der Waals surface area contributed by atoms with Crippen LogP contribution in [-0.2, 0) is 15.8 Å². The normalized spacial score (nSPS) is 11.5. The summed E-state index contributed by atoms with van der Waals surface area (Å²) in [7, 11) is -3.71. The number of aromatic nitrogens is 2.